The molecule has 0 radical (unpaired) electrons. The van der Waals surface area contributed by atoms with Crippen molar-refractivity contribution in [2.24, 2.45) is 5.73 Å². The maximum Gasteiger partial charge on any atom is 0.0117 e. The summed E-state index contributed by atoms with van der Waals surface area (Å²) in [6, 6.07) is 1.25. The molecule has 4 nitrogen and oxygen atoms in total. The van der Waals surface area contributed by atoms with Crippen LogP contribution in [0.25, 0.3) is 0 Å². The van der Waals surface area contributed by atoms with Gasteiger partial charge < -0.3 is 20.4 Å². The summed E-state index contributed by atoms with van der Waals surface area (Å²) >= 11 is 0. The third-order valence-corrected chi connectivity index (χ3v) is 4.71. The van der Waals surface area contributed by atoms with Gasteiger partial charge in [-0.25, -0.2) is 0 Å². The molecule has 0 bridgehead atoms. The SMILES string of the molecule is CN1CCC(N(C)CCN2CCC(N)CC2)CC1. The van der Waals surface area contributed by atoms with E-state index in [1.165, 1.54) is 65.0 Å². The fourth-order valence-electron chi connectivity index (χ4n) is 3.09. The summed E-state index contributed by atoms with van der Waals surface area (Å²) in [7, 11) is 4.53. The van der Waals surface area contributed by atoms with Gasteiger partial charge in [-0.05, 0) is 66.0 Å². The van der Waals surface area contributed by atoms with E-state index in [0.717, 1.165) is 6.04 Å². The Labute approximate surface area is 112 Å². The van der Waals surface area contributed by atoms with Gasteiger partial charge in [0.05, 0.1) is 0 Å². The fourth-order valence-corrected chi connectivity index (χ4v) is 3.09. The van der Waals surface area contributed by atoms with Crippen molar-refractivity contribution >= 4 is 0 Å². The number of hydrogen-bond acceptors (Lipinski definition) is 4. The summed E-state index contributed by atoms with van der Waals surface area (Å²) < 4.78 is 0. The Kier molecular flexibility index (Phi) is 5.42. The minimum atomic E-state index is 0.452. The highest BCUT2D eigenvalue weighted by molar-refractivity contribution is 4.79. The van der Waals surface area contributed by atoms with Gasteiger partial charge in [-0.3, -0.25) is 0 Å². The maximum atomic E-state index is 5.94. The number of hydrogen-bond donors (Lipinski definition) is 1. The number of nitrogens with two attached hydrogens (primary N) is 1. The van der Waals surface area contributed by atoms with Crippen LogP contribution in [0.15, 0.2) is 0 Å². The molecule has 0 aromatic carbocycles. The second-order valence-corrected chi connectivity index (χ2v) is 6.19. The molecule has 106 valence electrons. The number of likely N-dealkylation sites (tertiary alicyclic amines) is 2. The van der Waals surface area contributed by atoms with Crippen LogP contribution < -0.4 is 5.73 Å². The molecule has 2 rings (SSSR count). The van der Waals surface area contributed by atoms with Crippen molar-refractivity contribution in [1.29, 1.82) is 0 Å². The number of piperidine rings is 2. The molecule has 0 aromatic rings. The molecule has 0 spiro atoms. The lowest BCUT2D eigenvalue weighted by Crippen LogP contribution is -2.46. The molecule has 0 atom stereocenters. The molecule has 0 aromatic heterocycles. The lowest BCUT2D eigenvalue weighted by atomic mass is 10.0. The summed E-state index contributed by atoms with van der Waals surface area (Å²) in [4.78, 5) is 7.59. The van der Waals surface area contributed by atoms with E-state index in [0.29, 0.717) is 6.04 Å². The standard InChI is InChI=1S/C14H30N4/c1-16-7-5-14(6-8-16)17(2)11-12-18-9-3-13(15)4-10-18/h13-14H,3-12,15H2,1-2H3. The Bertz CT molecular complexity index is 230. The maximum absolute atomic E-state index is 5.94. The molecule has 4 heteroatoms. The molecule has 0 amide bonds. The molecule has 2 aliphatic rings. The second kappa shape index (κ2) is 6.85. The summed E-state index contributed by atoms with van der Waals surface area (Å²) in [5, 5.41) is 0. The quantitative estimate of drug-likeness (QED) is 0.789. The summed E-state index contributed by atoms with van der Waals surface area (Å²) in [6.07, 6.45) is 5.02. The van der Waals surface area contributed by atoms with Crippen molar-refractivity contribution < 1.29 is 0 Å². The van der Waals surface area contributed by atoms with E-state index in [-0.39, 0.29) is 0 Å². The minimum absolute atomic E-state index is 0.452. The van der Waals surface area contributed by atoms with Gasteiger partial charge in [-0.15, -0.1) is 0 Å². The molecule has 0 saturated carbocycles. The largest absolute Gasteiger partial charge is 0.328 e. The summed E-state index contributed by atoms with van der Waals surface area (Å²) in [6.45, 7) is 7.34. The van der Waals surface area contributed by atoms with E-state index in [1.807, 2.05) is 0 Å². The fraction of sp³-hybridized carbons (Fsp3) is 1.00. The zero-order chi connectivity index (χ0) is 13.0. The van der Waals surface area contributed by atoms with E-state index < -0.39 is 0 Å². The number of rotatable bonds is 4. The van der Waals surface area contributed by atoms with Gasteiger partial charge in [0.1, 0.15) is 0 Å². The van der Waals surface area contributed by atoms with E-state index in [4.69, 9.17) is 5.73 Å². The minimum Gasteiger partial charge on any atom is -0.328 e. The molecule has 2 N–H and O–H groups in total. The Hall–Kier alpha value is -0.160. The van der Waals surface area contributed by atoms with Crippen LogP contribution in [0.2, 0.25) is 0 Å². The van der Waals surface area contributed by atoms with Gasteiger partial charge in [0.15, 0.2) is 0 Å². The highest BCUT2D eigenvalue weighted by Gasteiger charge is 2.21. The van der Waals surface area contributed by atoms with E-state index in [2.05, 4.69) is 28.8 Å². The van der Waals surface area contributed by atoms with Crippen molar-refractivity contribution in [3.8, 4) is 0 Å². The van der Waals surface area contributed by atoms with E-state index >= 15 is 0 Å². The van der Waals surface area contributed by atoms with Crippen LogP contribution >= 0.6 is 0 Å². The number of nitrogens with zero attached hydrogens (tertiary/aromatic N) is 3. The van der Waals surface area contributed by atoms with Crippen LogP contribution in [0.5, 0.6) is 0 Å². The predicted molar refractivity (Wildman–Crippen MR) is 76.8 cm³/mol. The van der Waals surface area contributed by atoms with Crippen LogP contribution in [0.3, 0.4) is 0 Å². The van der Waals surface area contributed by atoms with Crippen LogP contribution in [0.1, 0.15) is 25.7 Å². The Balaban J connectivity index is 1.63. The molecular weight excluding hydrogens is 224 g/mol. The zero-order valence-corrected chi connectivity index (χ0v) is 12.1. The highest BCUT2D eigenvalue weighted by Crippen LogP contribution is 2.14. The molecular formula is C14H30N4. The molecule has 0 aliphatic carbocycles. The molecule has 0 unspecified atom stereocenters. The summed E-state index contributed by atoms with van der Waals surface area (Å²) in [5.41, 5.74) is 5.94. The average Bonchev–Trinajstić information content (AvgIpc) is 2.38. The monoisotopic (exact) mass is 254 g/mol. The van der Waals surface area contributed by atoms with Crippen LogP contribution in [-0.2, 0) is 0 Å². The van der Waals surface area contributed by atoms with Gasteiger partial charge in [-0.1, -0.05) is 0 Å². The summed E-state index contributed by atoms with van der Waals surface area (Å²) in [5.74, 6) is 0. The van der Waals surface area contributed by atoms with Crippen LogP contribution in [0, 0.1) is 0 Å². The van der Waals surface area contributed by atoms with E-state index in [1.54, 1.807) is 0 Å². The predicted octanol–water partition coefficient (Wildman–Crippen LogP) is 0.436. The van der Waals surface area contributed by atoms with Crippen molar-refractivity contribution in [3.05, 3.63) is 0 Å². The lowest BCUT2D eigenvalue weighted by molar-refractivity contribution is 0.121. The van der Waals surface area contributed by atoms with Crippen molar-refractivity contribution in [2.45, 2.75) is 37.8 Å². The second-order valence-electron chi connectivity index (χ2n) is 6.19. The average molecular weight is 254 g/mol. The molecule has 2 heterocycles. The molecule has 2 saturated heterocycles. The van der Waals surface area contributed by atoms with Gasteiger partial charge in [0, 0.05) is 25.2 Å². The van der Waals surface area contributed by atoms with Crippen molar-refractivity contribution in [3.63, 3.8) is 0 Å². The topological polar surface area (TPSA) is 35.7 Å². The van der Waals surface area contributed by atoms with Crippen molar-refractivity contribution in [1.82, 2.24) is 14.7 Å². The van der Waals surface area contributed by atoms with Gasteiger partial charge in [0.25, 0.3) is 0 Å². The molecule has 18 heavy (non-hydrogen) atoms. The Morgan fingerprint density at radius 2 is 1.67 bits per heavy atom. The zero-order valence-electron chi connectivity index (χ0n) is 12.1. The first-order valence-electron chi connectivity index (χ1n) is 7.52. The van der Waals surface area contributed by atoms with E-state index in [9.17, 15) is 0 Å². The van der Waals surface area contributed by atoms with Crippen LogP contribution in [0.4, 0.5) is 0 Å². The third-order valence-electron chi connectivity index (χ3n) is 4.71. The third kappa shape index (κ3) is 4.19. The first-order valence-corrected chi connectivity index (χ1v) is 7.52. The Morgan fingerprint density at radius 1 is 1.06 bits per heavy atom. The Morgan fingerprint density at radius 3 is 2.28 bits per heavy atom. The van der Waals surface area contributed by atoms with Gasteiger partial charge in [0.2, 0.25) is 0 Å². The van der Waals surface area contributed by atoms with Gasteiger partial charge in [-0.2, -0.15) is 0 Å². The van der Waals surface area contributed by atoms with Crippen molar-refractivity contribution in [2.75, 3.05) is 53.4 Å². The normalized spacial score (nSPS) is 26.0. The lowest BCUT2D eigenvalue weighted by Gasteiger charge is -2.37. The highest BCUT2D eigenvalue weighted by atomic mass is 15.2. The first-order chi connectivity index (χ1) is 8.65. The van der Waals surface area contributed by atoms with Crippen LogP contribution in [-0.4, -0.2) is 80.1 Å². The number of likely N-dealkylation sites (N-methyl/N-ethyl adjacent to an activating group) is 1. The molecule has 2 aliphatic heterocycles. The smallest absolute Gasteiger partial charge is 0.0117 e. The van der Waals surface area contributed by atoms with Gasteiger partial charge >= 0.3 is 0 Å². The first kappa shape index (κ1) is 14.3. The molecule has 2 fully saturated rings.